The molecule has 0 aromatic heterocycles. The number of nitrogens with one attached hydrogen (secondary N) is 1. The minimum Gasteiger partial charge on any atom is -0.468 e. The Kier molecular flexibility index (Phi) is 4.79. The second-order valence-corrected chi connectivity index (χ2v) is 4.57. The molecule has 122 valence electrons. The molecule has 23 heavy (non-hydrogen) atoms. The number of hydrogen-bond acceptors (Lipinski definition) is 8. The third kappa shape index (κ3) is 3.39. The monoisotopic (exact) mass is 320 g/mol. The lowest BCUT2D eigenvalue weighted by atomic mass is 9.97. The van der Waals surface area contributed by atoms with Gasteiger partial charge in [-0.3, -0.25) is 15.4 Å². The number of esters is 1. The van der Waals surface area contributed by atoms with Crippen molar-refractivity contribution in [2.75, 3.05) is 13.7 Å². The van der Waals surface area contributed by atoms with Crippen LogP contribution in [0.2, 0.25) is 0 Å². The Labute approximate surface area is 131 Å². The van der Waals surface area contributed by atoms with Crippen molar-refractivity contribution in [1.82, 2.24) is 5.32 Å². The molecule has 1 heterocycles. The smallest absolute Gasteiger partial charge is 0.340 e. The zero-order valence-corrected chi connectivity index (χ0v) is 12.6. The molecule has 0 amide bonds. The number of hydrogen-bond donors (Lipinski definition) is 2. The van der Waals surface area contributed by atoms with E-state index in [4.69, 9.17) is 15.2 Å². The van der Waals surface area contributed by atoms with Gasteiger partial charge < -0.3 is 15.2 Å². The molecular weight excluding hydrogens is 304 g/mol. The first-order chi connectivity index (χ1) is 11.0. The summed E-state index contributed by atoms with van der Waals surface area (Å²) in [5.41, 5.74) is 6.27. The second-order valence-electron chi connectivity index (χ2n) is 4.57. The maximum Gasteiger partial charge on any atom is 0.340 e. The summed E-state index contributed by atoms with van der Waals surface area (Å²) >= 11 is 0. The van der Waals surface area contributed by atoms with Crippen molar-refractivity contribution in [2.24, 2.45) is 10.7 Å². The van der Waals surface area contributed by atoms with Crippen molar-refractivity contribution in [2.45, 2.75) is 13.0 Å². The summed E-state index contributed by atoms with van der Waals surface area (Å²) in [6.07, 6.45) is 0. The number of nitro groups is 1. The van der Waals surface area contributed by atoms with Crippen LogP contribution in [0.5, 0.6) is 0 Å². The predicted octanol–water partition coefficient (Wildman–Crippen LogP) is 0.975. The van der Waals surface area contributed by atoms with Crippen LogP contribution < -0.4 is 11.1 Å². The van der Waals surface area contributed by atoms with Gasteiger partial charge in [-0.15, -0.1) is 0 Å². The van der Waals surface area contributed by atoms with E-state index in [0.717, 1.165) is 0 Å². The summed E-state index contributed by atoms with van der Waals surface area (Å²) in [5, 5.41) is 13.6. The molecule has 1 unspecified atom stereocenters. The van der Waals surface area contributed by atoms with Crippen molar-refractivity contribution in [3.05, 3.63) is 51.3 Å². The van der Waals surface area contributed by atoms with E-state index in [1.807, 2.05) is 0 Å². The van der Waals surface area contributed by atoms with Crippen molar-refractivity contribution < 1.29 is 19.2 Å². The van der Waals surface area contributed by atoms with E-state index >= 15 is 0 Å². The van der Waals surface area contributed by atoms with Crippen molar-refractivity contribution in [3.63, 3.8) is 0 Å². The molecule has 1 atom stereocenters. The molecule has 0 fully saturated rings. The van der Waals surface area contributed by atoms with E-state index in [1.54, 1.807) is 13.0 Å². The Hall–Kier alpha value is -3.10. The highest BCUT2D eigenvalue weighted by Gasteiger charge is 2.32. The van der Waals surface area contributed by atoms with Crippen molar-refractivity contribution in [1.29, 1.82) is 0 Å². The largest absolute Gasteiger partial charge is 0.468 e. The fraction of sp³-hybridized carbons (Fsp3) is 0.286. The summed E-state index contributed by atoms with van der Waals surface area (Å²) in [6.45, 7) is 1.83. The average molecular weight is 320 g/mol. The summed E-state index contributed by atoms with van der Waals surface area (Å²) in [5.74, 6) is -0.611. The van der Waals surface area contributed by atoms with Crippen LogP contribution in [0.4, 0.5) is 5.69 Å². The van der Waals surface area contributed by atoms with Crippen LogP contribution in [0.25, 0.3) is 0 Å². The highest BCUT2D eigenvalue weighted by molar-refractivity contribution is 5.94. The van der Waals surface area contributed by atoms with Gasteiger partial charge in [0, 0.05) is 12.1 Å². The van der Waals surface area contributed by atoms with Gasteiger partial charge in [0.05, 0.1) is 18.6 Å². The third-order valence-corrected chi connectivity index (χ3v) is 3.14. The molecular formula is C14H16N4O5. The van der Waals surface area contributed by atoms with Crippen LogP contribution in [0.3, 0.4) is 0 Å². The van der Waals surface area contributed by atoms with Crippen LogP contribution >= 0.6 is 0 Å². The number of aliphatic imine (C=N–C) groups is 1. The molecule has 0 aliphatic carbocycles. The molecule has 1 aromatic carbocycles. The van der Waals surface area contributed by atoms with Gasteiger partial charge in [0.25, 0.3) is 11.7 Å². The molecule has 9 nitrogen and oxygen atoms in total. The first-order valence-corrected chi connectivity index (χ1v) is 6.77. The molecule has 0 bridgehead atoms. The van der Waals surface area contributed by atoms with Gasteiger partial charge in [0.15, 0.2) is 0 Å². The number of nitro benzene ring substituents is 1. The number of amidine groups is 1. The van der Waals surface area contributed by atoms with Crippen LogP contribution in [0, 0.1) is 10.1 Å². The second kappa shape index (κ2) is 6.77. The van der Waals surface area contributed by atoms with Gasteiger partial charge in [0.2, 0.25) is 0 Å². The topological polar surface area (TPSA) is 129 Å². The number of ether oxygens (including phenoxy) is 2. The lowest BCUT2D eigenvalue weighted by Crippen LogP contribution is -2.37. The Morgan fingerprint density at radius 1 is 1.52 bits per heavy atom. The zero-order chi connectivity index (χ0) is 17.0. The predicted molar refractivity (Wildman–Crippen MR) is 81.3 cm³/mol. The summed E-state index contributed by atoms with van der Waals surface area (Å²) in [4.78, 5) is 26.8. The van der Waals surface area contributed by atoms with E-state index in [2.05, 4.69) is 10.3 Å². The van der Waals surface area contributed by atoms with Crippen molar-refractivity contribution in [3.8, 4) is 0 Å². The molecule has 1 aliphatic heterocycles. The normalized spacial score (nSPS) is 17.1. The van der Waals surface area contributed by atoms with Crippen LogP contribution in [-0.2, 0) is 14.3 Å². The minimum atomic E-state index is -0.856. The average Bonchev–Trinajstić information content (AvgIpc) is 2.54. The molecule has 9 heteroatoms. The minimum absolute atomic E-state index is 0.0341. The Morgan fingerprint density at radius 2 is 2.26 bits per heavy atom. The Balaban J connectivity index is 2.51. The fourth-order valence-corrected chi connectivity index (χ4v) is 2.13. The number of benzene rings is 1. The Bertz CT molecular complexity index is 698. The highest BCUT2D eigenvalue weighted by Crippen LogP contribution is 2.32. The molecule has 0 spiro atoms. The van der Waals surface area contributed by atoms with Gasteiger partial charge in [-0.2, -0.15) is 0 Å². The Morgan fingerprint density at radius 3 is 2.87 bits per heavy atom. The number of methoxy groups -OCH3 is 1. The summed E-state index contributed by atoms with van der Waals surface area (Å²) < 4.78 is 10.0. The van der Waals surface area contributed by atoms with E-state index in [0.29, 0.717) is 5.56 Å². The number of nitrogens with zero attached hydrogens (tertiary/aromatic N) is 2. The lowest BCUT2D eigenvalue weighted by molar-refractivity contribution is -0.384. The zero-order valence-electron chi connectivity index (χ0n) is 12.6. The van der Waals surface area contributed by atoms with Gasteiger partial charge in [0.1, 0.15) is 17.4 Å². The van der Waals surface area contributed by atoms with Gasteiger partial charge in [-0.1, -0.05) is 12.1 Å². The quantitative estimate of drug-likeness (QED) is 0.480. The number of nitrogens with two attached hydrogens (primary N) is 1. The number of non-ortho nitro benzene ring substituents is 1. The summed E-state index contributed by atoms with van der Waals surface area (Å²) in [7, 11) is 1.39. The van der Waals surface area contributed by atoms with E-state index in [9.17, 15) is 14.9 Å². The SMILES string of the molecule is CCOC(=O)C1=C(N)NC(OC)=NC1c1cccc([N+](=O)[O-])c1. The molecule has 1 aromatic rings. The maximum atomic E-state index is 12.2. The molecule has 0 radical (unpaired) electrons. The number of rotatable bonds is 4. The van der Waals surface area contributed by atoms with Crippen LogP contribution in [0.15, 0.2) is 40.7 Å². The molecule has 0 saturated heterocycles. The molecule has 3 N–H and O–H groups in total. The molecule has 2 rings (SSSR count). The first-order valence-electron chi connectivity index (χ1n) is 6.77. The molecule has 0 saturated carbocycles. The lowest BCUT2D eigenvalue weighted by Gasteiger charge is -2.24. The molecule has 1 aliphatic rings. The van der Waals surface area contributed by atoms with Gasteiger partial charge in [-0.05, 0) is 12.5 Å². The summed E-state index contributed by atoms with van der Waals surface area (Å²) in [6, 6.07) is 5.06. The number of carbonyl (C=O) groups is 1. The fourth-order valence-electron chi connectivity index (χ4n) is 2.13. The van der Waals surface area contributed by atoms with E-state index in [1.165, 1.54) is 25.3 Å². The van der Waals surface area contributed by atoms with Gasteiger partial charge in [-0.25, -0.2) is 9.79 Å². The maximum absolute atomic E-state index is 12.2. The van der Waals surface area contributed by atoms with Gasteiger partial charge >= 0.3 is 5.97 Å². The van der Waals surface area contributed by atoms with Crippen LogP contribution in [-0.4, -0.2) is 30.6 Å². The standard InChI is InChI=1S/C14H16N4O5/c1-3-23-13(19)10-11(16-14(22-2)17-12(10)15)8-5-4-6-9(7-8)18(20)21/h4-7,11H,3,15H2,1-2H3,(H,16,17). The van der Waals surface area contributed by atoms with E-state index in [-0.39, 0.29) is 29.7 Å². The first kappa shape index (κ1) is 16.3. The van der Waals surface area contributed by atoms with Crippen LogP contribution in [0.1, 0.15) is 18.5 Å². The number of carbonyl (C=O) groups excluding carboxylic acids is 1. The van der Waals surface area contributed by atoms with E-state index < -0.39 is 16.9 Å². The van der Waals surface area contributed by atoms with Crippen molar-refractivity contribution >= 4 is 17.7 Å². The highest BCUT2D eigenvalue weighted by atomic mass is 16.6. The third-order valence-electron chi connectivity index (χ3n) is 3.14.